The molecule has 15 heavy (non-hydrogen) atoms. The first-order valence-electron chi connectivity index (χ1n) is 4.22. The van der Waals surface area contributed by atoms with E-state index in [1.54, 1.807) is 6.07 Å². The molecule has 0 aliphatic carbocycles. The van der Waals surface area contributed by atoms with Crippen molar-refractivity contribution >= 4 is 21.7 Å². The van der Waals surface area contributed by atoms with Crippen molar-refractivity contribution in [1.29, 1.82) is 0 Å². The minimum absolute atomic E-state index is 0.178. The third-order valence-electron chi connectivity index (χ3n) is 1.69. The van der Waals surface area contributed by atoms with Gasteiger partial charge in [-0.25, -0.2) is 8.78 Å². The van der Waals surface area contributed by atoms with Crippen molar-refractivity contribution in [3.63, 3.8) is 0 Å². The second-order valence-electron chi connectivity index (χ2n) is 2.90. The number of halogens is 3. The van der Waals surface area contributed by atoms with Crippen LogP contribution >= 0.6 is 15.9 Å². The van der Waals surface area contributed by atoms with E-state index in [0.29, 0.717) is 10.0 Å². The fourth-order valence-corrected chi connectivity index (χ4v) is 1.40. The Balaban J connectivity index is 2.92. The predicted molar refractivity (Wildman–Crippen MR) is 55.6 cm³/mol. The quantitative estimate of drug-likeness (QED) is 0.790. The van der Waals surface area contributed by atoms with Crippen molar-refractivity contribution in [2.45, 2.75) is 13.3 Å². The van der Waals surface area contributed by atoms with Crippen LogP contribution in [0.3, 0.4) is 0 Å². The Kier molecular flexibility index (Phi) is 4.20. The lowest BCUT2D eigenvalue weighted by Crippen LogP contribution is -2.09. The lowest BCUT2D eigenvalue weighted by Gasteiger charge is -2.09. The van der Waals surface area contributed by atoms with Crippen LogP contribution in [0.15, 0.2) is 22.7 Å². The molecule has 0 aliphatic heterocycles. The van der Waals surface area contributed by atoms with Gasteiger partial charge in [-0.2, -0.15) is 0 Å². The topological polar surface area (TPSA) is 26.3 Å². The van der Waals surface area contributed by atoms with E-state index in [-0.39, 0.29) is 11.5 Å². The normalized spacial score (nSPS) is 10.5. The first-order chi connectivity index (χ1) is 7.00. The second-order valence-corrected chi connectivity index (χ2v) is 3.81. The van der Waals surface area contributed by atoms with Crippen LogP contribution in [0.5, 0.6) is 5.75 Å². The molecular formula is C10H9BrF2O2. The molecule has 0 heterocycles. The zero-order valence-electron chi connectivity index (χ0n) is 7.97. The van der Waals surface area contributed by atoms with Crippen LogP contribution in [0.4, 0.5) is 8.78 Å². The highest BCUT2D eigenvalue weighted by molar-refractivity contribution is 9.10. The number of ether oxygens (including phenoxy) is 1. The molecule has 0 saturated carbocycles. The van der Waals surface area contributed by atoms with E-state index >= 15 is 0 Å². The molecule has 0 fully saturated rings. The zero-order chi connectivity index (χ0) is 11.4. The minimum Gasteiger partial charge on any atom is -0.487 e. The fourth-order valence-electron chi connectivity index (χ4n) is 1.06. The standard InChI is InChI=1S/C10H9BrF2O2/c1-6(14)8-3-2-7(11)4-9(8)15-5-10(12)13/h2-4,10H,5H2,1H3. The third-order valence-corrected chi connectivity index (χ3v) is 2.18. The van der Waals surface area contributed by atoms with Crippen LogP contribution in [-0.4, -0.2) is 18.8 Å². The number of hydrogen-bond donors (Lipinski definition) is 0. The van der Waals surface area contributed by atoms with Crippen molar-refractivity contribution in [1.82, 2.24) is 0 Å². The van der Waals surface area contributed by atoms with Crippen molar-refractivity contribution in [3.05, 3.63) is 28.2 Å². The summed E-state index contributed by atoms with van der Waals surface area (Å²) in [5, 5.41) is 0. The molecule has 1 aromatic rings. The Morgan fingerprint density at radius 2 is 2.20 bits per heavy atom. The van der Waals surface area contributed by atoms with Gasteiger partial charge in [0.15, 0.2) is 5.78 Å². The van der Waals surface area contributed by atoms with E-state index in [1.165, 1.54) is 19.1 Å². The molecule has 0 spiro atoms. The Hall–Kier alpha value is -0.970. The summed E-state index contributed by atoms with van der Waals surface area (Å²) < 4.78 is 29.4. The van der Waals surface area contributed by atoms with Crippen LogP contribution in [0.25, 0.3) is 0 Å². The molecule has 1 aromatic carbocycles. The molecule has 5 heteroatoms. The van der Waals surface area contributed by atoms with Gasteiger partial charge in [0.2, 0.25) is 0 Å². The van der Waals surface area contributed by atoms with Crippen LogP contribution in [0, 0.1) is 0 Å². The average molecular weight is 279 g/mol. The third kappa shape index (κ3) is 3.58. The van der Waals surface area contributed by atoms with Crippen LogP contribution < -0.4 is 4.74 Å². The molecule has 0 unspecified atom stereocenters. The fraction of sp³-hybridized carbons (Fsp3) is 0.300. The Morgan fingerprint density at radius 3 is 2.73 bits per heavy atom. The number of Topliss-reactive ketones (excluding diaryl/α,β-unsaturated/α-hetero) is 1. The van der Waals surface area contributed by atoms with Gasteiger partial charge in [-0.15, -0.1) is 0 Å². The van der Waals surface area contributed by atoms with E-state index < -0.39 is 13.0 Å². The molecule has 0 aromatic heterocycles. The maximum Gasteiger partial charge on any atom is 0.272 e. The zero-order valence-corrected chi connectivity index (χ0v) is 9.55. The molecule has 0 atom stereocenters. The van der Waals surface area contributed by atoms with Gasteiger partial charge in [0.05, 0.1) is 5.56 Å². The van der Waals surface area contributed by atoms with Gasteiger partial charge in [0.1, 0.15) is 12.4 Å². The van der Waals surface area contributed by atoms with Crippen LogP contribution in [0.2, 0.25) is 0 Å². The maximum atomic E-state index is 11.9. The van der Waals surface area contributed by atoms with E-state index in [1.807, 2.05) is 0 Å². The number of carbonyl (C=O) groups excluding carboxylic acids is 1. The number of carbonyl (C=O) groups is 1. The van der Waals surface area contributed by atoms with Gasteiger partial charge in [-0.1, -0.05) is 15.9 Å². The van der Waals surface area contributed by atoms with Gasteiger partial charge in [0.25, 0.3) is 6.43 Å². The largest absolute Gasteiger partial charge is 0.487 e. The van der Waals surface area contributed by atoms with Gasteiger partial charge >= 0.3 is 0 Å². The first-order valence-corrected chi connectivity index (χ1v) is 5.01. The first kappa shape index (κ1) is 12.1. The summed E-state index contributed by atoms with van der Waals surface area (Å²) in [5.74, 6) is -0.0380. The summed E-state index contributed by atoms with van der Waals surface area (Å²) in [4.78, 5) is 11.1. The number of hydrogen-bond acceptors (Lipinski definition) is 2. The highest BCUT2D eigenvalue weighted by Gasteiger charge is 2.11. The Labute approximate surface area is 94.4 Å². The van der Waals surface area contributed by atoms with Gasteiger partial charge in [0, 0.05) is 4.47 Å². The summed E-state index contributed by atoms with van der Waals surface area (Å²) in [7, 11) is 0. The Bertz CT molecular complexity index is 366. The summed E-state index contributed by atoms with van der Waals surface area (Å²) >= 11 is 3.17. The van der Waals surface area contributed by atoms with Crippen LogP contribution in [0.1, 0.15) is 17.3 Å². The summed E-state index contributed by atoms with van der Waals surface area (Å²) in [6.07, 6.45) is -2.55. The van der Waals surface area contributed by atoms with Crippen LogP contribution in [-0.2, 0) is 0 Å². The molecular weight excluding hydrogens is 270 g/mol. The number of rotatable bonds is 4. The summed E-state index contributed by atoms with van der Waals surface area (Å²) in [6.45, 7) is 0.648. The van der Waals surface area contributed by atoms with Gasteiger partial charge < -0.3 is 4.74 Å². The summed E-state index contributed by atoms with van der Waals surface area (Å²) in [5.41, 5.74) is 0.304. The second kappa shape index (κ2) is 5.21. The van der Waals surface area contributed by atoms with Crippen molar-refractivity contribution in [2.75, 3.05) is 6.61 Å². The van der Waals surface area contributed by atoms with E-state index in [2.05, 4.69) is 15.9 Å². The van der Waals surface area contributed by atoms with Gasteiger partial charge in [-0.3, -0.25) is 4.79 Å². The van der Waals surface area contributed by atoms with E-state index in [9.17, 15) is 13.6 Å². The Morgan fingerprint density at radius 1 is 1.53 bits per heavy atom. The molecule has 0 radical (unpaired) electrons. The molecule has 0 saturated heterocycles. The molecule has 2 nitrogen and oxygen atoms in total. The van der Waals surface area contributed by atoms with E-state index in [0.717, 1.165) is 0 Å². The highest BCUT2D eigenvalue weighted by Crippen LogP contribution is 2.24. The van der Waals surface area contributed by atoms with Crippen molar-refractivity contribution in [2.24, 2.45) is 0 Å². The monoisotopic (exact) mass is 278 g/mol. The molecule has 0 aliphatic rings. The molecule has 82 valence electrons. The van der Waals surface area contributed by atoms with Crippen molar-refractivity contribution < 1.29 is 18.3 Å². The van der Waals surface area contributed by atoms with E-state index in [4.69, 9.17) is 4.74 Å². The average Bonchev–Trinajstić information content (AvgIpc) is 2.14. The molecule has 0 bridgehead atoms. The predicted octanol–water partition coefficient (Wildman–Crippen LogP) is 3.30. The smallest absolute Gasteiger partial charge is 0.272 e. The number of benzene rings is 1. The SMILES string of the molecule is CC(=O)c1ccc(Br)cc1OCC(F)F. The number of ketones is 1. The molecule has 0 N–H and O–H groups in total. The molecule has 1 rings (SSSR count). The van der Waals surface area contributed by atoms with Crippen molar-refractivity contribution in [3.8, 4) is 5.75 Å². The highest BCUT2D eigenvalue weighted by atomic mass is 79.9. The lowest BCUT2D eigenvalue weighted by atomic mass is 10.1. The lowest BCUT2D eigenvalue weighted by molar-refractivity contribution is 0.0802. The summed E-state index contributed by atoms with van der Waals surface area (Å²) in [6, 6.07) is 4.69. The minimum atomic E-state index is -2.55. The maximum absolute atomic E-state index is 11.9. The van der Waals surface area contributed by atoms with Gasteiger partial charge in [-0.05, 0) is 25.1 Å². The molecule has 0 amide bonds. The number of alkyl halides is 2.